The first-order valence-electron chi connectivity index (χ1n) is 9.55. The zero-order chi connectivity index (χ0) is 24.2. The second kappa shape index (κ2) is 9.73. The van der Waals surface area contributed by atoms with Crippen LogP contribution in [0.15, 0.2) is 76.6 Å². The minimum atomic E-state index is -0.763. The number of carbonyl (C=O) groups is 1. The molecule has 1 aliphatic rings. The second-order valence-corrected chi connectivity index (χ2v) is 8.18. The molecule has 0 radical (unpaired) electrons. The fourth-order valence-electron chi connectivity index (χ4n) is 2.93. The Morgan fingerprint density at radius 2 is 1.71 bits per heavy atom. The lowest BCUT2D eigenvalue weighted by molar-refractivity contribution is -0.394. The first kappa shape index (κ1) is 23.0. The van der Waals surface area contributed by atoms with Gasteiger partial charge in [-0.3, -0.25) is 25.0 Å². The smallest absolute Gasteiger partial charge is 0.318 e. The molecule has 0 spiro atoms. The zero-order valence-electron chi connectivity index (χ0n) is 17.0. The lowest BCUT2D eigenvalue weighted by atomic mass is 10.2. The number of amides is 1. The van der Waals surface area contributed by atoms with Crippen LogP contribution in [0.3, 0.4) is 0 Å². The van der Waals surface area contributed by atoms with Crippen LogP contribution in [0.4, 0.5) is 17.1 Å². The molecular weight excluding hydrogens is 484 g/mol. The van der Waals surface area contributed by atoms with Crippen molar-refractivity contribution in [2.24, 2.45) is 4.99 Å². The minimum Gasteiger partial charge on any atom is -0.449 e. The van der Waals surface area contributed by atoms with E-state index in [0.29, 0.717) is 26.3 Å². The monoisotopic (exact) mass is 496 g/mol. The molecule has 3 aromatic carbocycles. The highest BCUT2D eigenvalue weighted by Gasteiger charge is 2.25. The molecule has 1 fully saturated rings. The van der Waals surface area contributed by atoms with Crippen LogP contribution in [-0.2, 0) is 4.79 Å². The topological polar surface area (TPSA) is 137 Å². The number of nitro benzene ring substituents is 2. The predicted molar refractivity (Wildman–Crippen MR) is 129 cm³/mol. The number of rotatable bonds is 6. The Labute approximate surface area is 201 Å². The summed E-state index contributed by atoms with van der Waals surface area (Å²) in [6, 6.07) is 16.6. The van der Waals surface area contributed by atoms with Gasteiger partial charge in [0.25, 0.3) is 11.6 Å². The van der Waals surface area contributed by atoms with E-state index in [1.54, 1.807) is 54.6 Å². The highest BCUT2D eigenvalue weighted by molar-refractivity contribution is 8.18. The van der Waals surface area contributed by atoms with E-state index in [2.05, 4.69) is 10.3 Å². The number of ether oxygens (including phenoxy) is 1. The Morgan fingerprint density at radius 3 is 2.44 bits per heavy atom. The van der Waals surface area contributed by atoms with E-state index in [9.17, 15) is 25.0 Å². The van der Waals surface area contributed by atoms with Crippen molar-refractivity contribution < 1.29 is 19.4 Å². The van der Waals surface area contributed by atoms with Crippen LogP contribution >= 0.6 is 23.4 Å². The zero-order valence-corrected chi connectivity index (χ0v) is 18.6. The van der Waals surface area contributed by atoms with Gasteiger partial charge in [0, 0.05) is 11.6 Å². The maximum atomic E-state index is 12.5. The largest absolute Gasteiger partial charge is 0.449 e. The number of thioether (sulfide) groups is 1. The Balaban J connectivity index is 1.64. The normalized spacial score (nSPS) is 15.4. The molecule has 0 aliphatic carbocycles. The molecule has 10 nitrogen and oxygen atoms in total. The van der Waals surface area contributed by atoms with E-state index in [0.717, 1.165) is 30.0 Å². The van der Waals surface area contributed by atoms with Crippen molar-refractivity contribution in [3.63, 3.8) is 0 Å². The Bertz CT molecular complexity index is 1390. The fourth-order valence-corrected chi connectivity index (χ4v) is 3.94. The molecular formula is C22H13ClN4O6S. The van der Waals surface area contributed by atoms with Crippen LogP contribution in [0.5, 0.6) is 11.5 Å². The summed E-state index contributed by atoms with van der Waals surface area (Å²) in [5.74, 6) is -0.338. The Hall–Kier alpha value is -4.22. The fraction of sp³-hybridized carbons (Fsp3) is 0. The van der Waals surface area contributed by atoms with Crippen molar-refractivity contribution in [3.05, 3.63) is 102 Å². The highest BCUT2D eigenvalue weighted by atomic mass is 35.5. The number of hydrogen-bond acceptors (Lipinski definition) is 8. The van der Waals surface area contributed by atoms with Crippen molar-refractivity contribution in [2.75, 3.05) is 0 Å². The van der Waals surface area contributed by atoms with Crippen LogP contribution in [0.2, 0.25) is 5.02 Å². The number of nitro groups is 2. The third kappa shape index (κ3) is 5.05. The predicted octanol–water partition coefficient (Wildman–Crippen LogP) is 5.84. The summed E-state index contributed by atoms with van der Waals surface area (Å²) >= 11 is 7.22. The summed E-state index contributed by atoms with van der Waals surface area (Å²) in [5, 5.41) is 25.8. The van der Waals surface area contributed by atoms with Crippen LogP contribution in [0.25, 0.3) is 6.08 Å². The second-order valence-electron chi connectivity index (χ2n) is 6.74. The van der Waals surface area contributed by atoms with Crippen LogP contribution in [0.1, 0.15) is 5.56 Å². The number of carbonyl (C=O) groups excluding carboxylic acids is 1. The van der Waals surface area contributed by atoms with Crippen LogP contribution in [-0.4, -0.2) is 20.9 Å². The van der Waals surface area contributed by atoms with Crippen molar-refractivity contribution in [2.45, 2.75) is 0 Å². The number of nitrogens with one attached hydrogen (secondary N) is 1. The lowest BCUT2D eigenvalue weighted by Crippen LogP contribution is -2.19. The van der Waals surface area contributed by atoms with E-state index < -0.39 is 21.2 Å². The highest BCUT2D eigenvalue weighted by Crippen LogP contribution is 2.37. The number of non-ortho nitro benzene ring substituents is 1. The molecule has 1 N–H and O–H groups in total. The summed E-state index contributed by atoms with van der Waals surface area (Å²) in [4.78, 5) is 38.0. The molecule has 170 valence electrons. The van der Waals surface area contributed by atoms with Gasteiger partial charge in [0.05, 0.1) is 31.5 Å². The van der Waals surface area contributed by atoms with Crippen molar-refractivity contribution in [1.82, 2.24) is 5.32 Å². The molecule has 0 aromatic heterocycles. The molecule has 1 heterocycles. The Morgan fingerprint density at radius 1 is 0.971 bits per heavy atom. The van der Waals surface area contributed by atoms with E-state index in [4.69, 9.17) is 16.3 Å². The van der Waals surface area contributed by atoms with Crippen molar-refractivity contribution in [1.29, 1.82) is 0 Å². The summed E-state index contributed by atoms with van der Waals surface area (Å²) < 4.78 is 5.72. The molecule has 1 saturated heterocycles. The van der Waals surface area contributed by atoms with Crippen LogP contribution < -0.4 is 10.1 Å². The number of amidine groups is 1. The average Bonchev–Trinajstić information content (AvgIpc) is 3.15. The van der Waals surface area contributed by atoms with Gasteiger partial charge in [-0.15, -0.1) is 0 Å². The van der Waals surface area contributed by atoms with E-state index in [-0.39, 0.29) is 17.4 Å². The molecule has 1 amide bonds. The molecule has 0 unspecified atom stereocenters. The van der Waals surface area contributed by atoms with Gasteiger partial charge >= 0.3 is 5.69 Å². The lowest BCUT2D eigenvalue weighted by Gasteiger charge is -2.09. The molecule has 1 aliphatic heterocycles. The third-order valence-electron chi connectivity index (χ3n) is 4.50. The van der Waals surface area contributed by atoms with Gasteiger partial charge in [0.1, 0.15) is 5.75 Å². The molecule has 0 saturated carbocycles. The van der Waals surface area contributed by atoms with Gasteiger partial charge in [0.15, 0.2) is 5.17 Å². The first-order chi connectivity index (χ1) is 16.3. The summed E-state index contributed by atoms with van der Waals surface area (Å²) in [7, 11) is 0. The van der Waals surface area contributed by atoms with E-state index >= 15 is 0 Å². The molecule has 0 atom stereocenters. The number of nitrogens with zero attached hydrogens (tertiary/aromatic N) is 3. The minimum absolute atomic E-state index is 0.175. The maximum absolute atomic E-state index is 12.5. The molecule has 12 heteroatoms. The summed E-state index contributed by atoms with van der Waals surface area (Å²) in [6.45, 7) is 0. The van der Waals surface area contributed by atoms with Crippen molar-refractivity contribution in [3.8, 4) is 11.5 Å². The first-order valence-corrected chi connectivity index (χ1v) is 10.7. The van der Waals surface area contributed by atoms with Gasteiger partial charge in [-0.2, -0.15) is 0 Å². The molecule has 0 bridgehead atoms. The third-order valence-corrected chi connectivity index (χ3v) is 5.73. The standard InChI is InChI=1S/C22H13ClN4O6S/c23-15-6-2-3-7-16(15)24-22-25-21(28)20(34-22)11-13-5-1-4-8-18(13)33-19-10-9-14(26(29)30)12-17(19)27(31)32/h1-12H,(H,24,25,28)/b20-11+. The number of aliphatic imine (C=N–C) groups is 1. The van der Waals surface area contributed by atoms with Gasteiger partial charge in [-0.05, 0) is 42.1 Å². The maximum Gasteiger partial charge on any atom is 0.318 e. The summed E-state index contributed by atoms with van der Waals surface area (Å²) in [6.07, 6.45) is 1.56. The number of benzene rings is 3. The van der Waals surface area contributed by atoms with Crippen molar-refractivity contribution >= 4 is 57.6 Å². The van der Waals surface area contributed by atoms with E-state index in [1.165, 1.54) is 0 Å². The van der Waals surface area contributed by atoms with Gasteiger partial charge in [0.2, 0.25) is 5.75 Å². The molecule has 34 heavy (non-hydrogen) atoms. The SMILES string of the molecule is O=C1NC(=Nc2ccccc2Cl)S/C1=C/c1ccccc1Oc1ccc([N+](=O)[O-])cc1[N+](=O)[O-]. The van der Waals surface area contributed by atoms with Crippen LogP contribution in [0, 0.1) is 20.2 Å². The van der Waals surface area contributed by atoms with Gasteiger partial charge in [-0.1, -0.05) is 41.9 Å². The number of para-hydroxylation sites is 2. The molecule has 3 aromatic rings. The van der Waals surface area contributed by atoms with Gasteiger partial charge in [-0.25, -0.2) is 4.99 Å². The number of halogens is 1. The number of hydrogen-bond donors (Lipinski definition) is 1. The molecule has 4 rings (SSSR count). The average molecular weight is 497 g/mol. The van der Waals surface area contributed by atoms with E-state index in [1.807, 2.05) is 0 Å². The quantitative estimate of drug-likeness (QED) is 0.257. The van der Waals surface area contributed by atoms with Gasteiger partial charge < -0.3 is 10.1 Å². The Kier molecular flexibility index (Phi) is 6.57. The summed E-state index contributed by atoms with van der Waals surface area (Å²) in [5.41, 5.74) is -0.0214.